The molecule has 0 atom stereocenters. The van der Waals surface area contributed by atoms with E-state index in [1.165, 1.54) is 22.1 Å². The predicted molar refractivity (Wildman–Crippen MR) is 208 cm³/mol. The molecule has 2 fully saturated rings. The SMILES string of the molecule is Cc1cc(-c2cc(Cl)ccc2C#CCn2c(C)nc3cnc(N(C)C4CCN(C5CC(F)(F)C5)CC4)c(C#N)c3c2=O)c2scc(C(=O)NS(C)(=O)=O)c2n1. The summed E-state index contributed by atoms with van der Waals surface area (Å²) < 4.78 is 54.5. The summed E-state index contributed by atoms with van der Waals surface area (Å²) in [5.74, 6) is 3.62. The number of hydrogen-bond donors (Lipinski definition) is 1. The van der Waals surface area contributed by atoms with Gasteiger partial charge in [-0.05, 0) is 51.0 Å². The van der Waals surface area contributed by atoms with Crippen LogP contribution in [0.15, 0.2) is 40.6 Å². The Balaban J connectivity index is 1.19. The highest BCUT2D eigenvalue weighted by Gasteiger charge is 2.48. The summed E-state index contributed by atoms with van der Waals surface area (Å²) in [4.78, 5) is 44.6. The van der Waals surface area contributed by atoms with E-state index in [-0.39, 0.29) is 48.0 Å². The number of pyridine rings is 2. The lowest BCUT2D eigenvalue weighted by atomic mass is 9.85. The molecule has 17 heteroatoms. The quantitative estimate of drug-likeness (QED) is 0.204. The van der Waals surface area contributed by atoms with E-state index in [1.807, 2.05) is 22.7 Å². The normalized spacial score (nSPS) is 16.3. The van der Waals surface area contributed by atoms with E-state index >= 15 is 0 Å². The Bertz CT molecular complexity index is 2670. The van der Waals surface area contributed by atoms with Crippen LogP contribution in [-0.2, 0) is 16.6 Å². The number of carbonyl (C=O) groups excluding carboxylic acids is 1. The molecule has 55 heavy (non-hydrogen) atoms. The van der Waals surface area contributed by atoms with Crippen LogP contribution in [0.1, 0.15) is 58.7 Å². The minimum atomic E-state index is -3.80. The van der Waals surface area contributed by atoms with E-state index in [0.29, 0.717) is 80.7 Å². The Morgan fingerprint density at radius 2 is 1.89 bits per heavy atom. The average Bonchev–Trinajstić information content (AvgIpc) is 3.54. The molecule has 1 saturated carbocycles. The van der Waals surface area contributed by atoms with Crippen LogP contribution in [0.3, 0.4) is 0 Å². The maximum absolute atomic E-state index is 14.1. The second-order valence-electron chi connectivity index (χ2n) is 14.0. The van der Waals surface area contributed by atoms with Crippen LogP contribution in [0.4, 0.5) is 14.6 Å². The number of benzene rings is 1. The van der Waals surface area contributed by atoms with Crippen molar-refractivity contribution in [3.8, 4) is 29.0 Å². The molecule has 7 rings (SSSR count). The molecule has 0 radical (unpaired) electrons. The number of nitriles is 1. The highest BCUT2D eigenvalue weighted by atomic mass is 35.5. The van der Waals surface area contributed by atoms with Gasteiger partial charge in [0.15, 0.2) is 0 Å². The van der Waals surface area contributed by atoms with E-state index in [0.717, 1.165) is 6.26 Å². The first kappa shape index (κ1) is 38.3. The van der Waals surface area contributed by atoms with E-state index < -0.39 is 27.4 Å². The number of nitrogens with one attached hydrogen (secondary N) is 1. The third-order valence-electron chi connectivity index (χ3n) is 10.2. The van der Waals surface area contributed by atoms with Crippen LogP contribution >= 0.6 is 22.9 Å². The number of nitrogens with zero attached hydrogens (tertiary/aromatic N) is 7. The van der Waals surface area contributed by atoms with Gasteiger partial charge in [-0.2, -0.15) is 5.26 Å². The number of rotatable bonds is 7. The third kappa shape index (κ3) is 7.64. The molecule has 284 valence electrons. The number of halogens is 3. The van der Waals surface area contributed by atoms with Gasteiger partial charge in [0.05, 0.1) is 45.7 Å². The standard InChI is InChI=1S/C38H35ClF2N8O4S2/c1-21-14-28(34-33(44-21)30(20-54-34)36(50)46-55(4,52)53)27-15-24(39)8-7-23(27)6-5-11-49-22(2)45-31-19-43-35(29(18-42)32(31)37(49)51)47(3)25-9-12-48(13-10-25)26-16-38(40,41)17-26/h7-8,14-15,19-20,25-26H,9-13,16-17H2,1-4H3,(H,46,50). The molecule has 0 bridgehead atoms. The zero-order valence-corrected chi connectivity index (χ0v) is 32.7. The van der Waals surface area contributed by atoms with Crippen LogP contribution < -0.4 is 15.2 Å². The Morgan fingerprint density at radius 3 is 2.56 bits per heavy atom. The van der Waals surface area contributed by atoms with Gasteiger partial charge >= 0.3 is 0 Å². The molecule has 12 nitrogen and oxygen atoms in total. The molecule has 1 aliphatic heterocycles. The van der Waals surface area contributed by atoms with Gasteiger partial charge in [0.25, 0.3) is 17.4 Å². The summed E-state index contributed by atoms with van der Waals surface area (Å²) in [6.45, 7) is 4.71. The summed E-state index contributed by atoms with van der Waals surface area (Å²) >= 11 is 7.69. The first-order valence-electron chi connectivity index (χ1n) is 17.4. The van der Waals surface area contributed by atoms with Crippen LogP contribution in [0.25, 0.3) is 32.2 Å². The second kappa shape index (κ2) is 14.6. The summed E-state index contributed by atoms with van der Waals surface area (Å²) in [7, 11) is -1.97. The Morgan fingerprint density at radius 1 is 1.16 bits per heavy atom. The lowest BCUT2D eigenvalue weighted by molar-refractivity contribution is -0.127. The van der Waals surface area contributed by atoms with Crippen molar-refractivity contribution in [3.63, 3.8) is 0 Å². The van der Waals surface area contributed by atoms with Crippen molar-refractivity contribution in [1.82, 2.24) is 29.1 Å². The highest BCUT2D eigenvalue weighted by molar-refractivity contribution is 7.89. The first-order chi connectivity index (χ1) is 26.0. The number of anilines is 1. The van der Waals surface area contributed by atoms with Crippen molar-refractivity contribution in [2.24, 2.45) is 0 Å². The fourth-order valence-corrected chi connectivity index (χ4v) is 8.99. The van der Waals surface area contributed by atoms with Gasteiger partial charge in [-0.15, -0.1) is 11.3 Å². The number of alkyl halides is 2. The lowest BCUT2D eigenvalue weighted by Crippen LogP contribution is -2.55. The number of carbonyl (C=O) groups is 1. The molecule has 1 aromatic carbocycles. The van der Waals surface area contributed by atoms with E-state index in [9.17, 15) is 32.0 Å². The molecule has 2 aliphatic rings. The fourth-order valence-electron chi connectivity index (χ4n) is 7.35. The average molecular weight is 805 g/mol. The maximum Gasteiger partial charge on any atom is 0.267 e. The van der Waals surface area contributed by atoms with Gasteiger partial charge in [0.2, 0.25) is 10.0 Å². The van der Waals surface area contributed by atoms with E-state index in [2.05, 4.69) is 37.8 Å². The monoisotopic (exact) mass is 804 g/mol. The number of hydrogen-bond acceptors (Lipinski definition) is 11. The highest BCUT2D eigenvalue weighted by Crippen LogP contribution is 2.42. The summed E-state index contributed by atoms with van der Waals surface area (Å²) in [5, 5.41) is 12.5. The Hall–Kier alpha value is -5.00. The van der Waals surface area contributed by atoms with Gasteiger partial charge in [0.1, 0.15) is 23.3 Å². The molecular weight excluding hydrogens is 770 g/mol. The lowest BCUT2D eigenvalue weighted by Gasteiger charge is -2.46. The largest absolute Gasteiger partial charge is 0.355 e. The summed E-state index contributed by atoms with van der Waals surface area (Å²) in [5.41, 5.74) is 2.92. The van der Waals surface area contributed by atoms with Crippen LogP contribution in [-0.4, -0.2) is 83.1 Å². The van der Waals surface area contributed by atoms with Gasteiger partial charge in [-0.25, -0.2) is 31.9 Å². The molecule has 5 heterocycles. The minimum absolute atomic E-state index is 0.00443. The zero-order valence-electron chi connectivity index (χ0n) is 30.3. The van der Waals surface area contributed by atoms with Crippen LogP contribution in [0, 0.1) is 37.0 Å². The summed E-state index contributed by atoms with van der Waals surface area (Å²) in [6, 6.07) is 9.11. The Labute approximate surface area is 324 Å². The van der Waals surface area contributed by atoms with E-state index in [1.54, 1.807) is 37.4 Å². The third-order valence-corrected chi connectivity index (χ3v) is 11.9. The number of fused-ring (bicyclic) bond motifs is 2. The van der Waals surface area contributed by atoms with E-state index in [4.69, 9.17) is 11.6 Å². The van der Waals surface area contributed by atoms with Crippen LogP contribution in [0.5, 0.6) is 0 Å². The zero-order chi connectivity index (χ0) is 39.4. The smallest absolute Gasteiger partial charge is 0.267 e. The topological polar surface area (TPSA) is 154 Å². The molecule has 1 aliphatic carbocycles. The summed E-state index contributed by atoms with van der Waals surface area (Å²) in [6.07, 6.45) is 3.60. The molecule has 0 unspecified atom stereocenters. The first-order valence-corrected chi connectivity index (χ1v) is 20.5. The van der Waals surface area contributed by atoms with Crippen molar-refractivity contribution in [1.29, 1.82) is 5.26 Å². The molecule has 1 N–H and O–H groups in total. The van der Waals surface area contributed by atoms with Crippen molar-refractivity contribution in [2.75, 3.05) is 31.3 Å². The number of aromatic nitrogens is 4. The van der Waals surface area contributed by atoms with Crippen molar-refractivity contribution >= 4 is 65.8 Å². The second-order valence-corrected chi connectivity index (χ2v) is 17.1. The number of sulfonamides is 1. The van der Waals surface area contributed by atoms with Gasteiger partial charge < -0.3 is 4.90 Å². The van der Waals surface area contributed by atoms with Crippen LogP contribution in [0.2, 0.25) is 5.02 Å². The van der Waals surface area contributed by atoms with Crippen molar-refractivity contribution in [3.05, 3.63) is 79.4 Å². The number of amides is 1. The molecule has 4 aromatic heterocycles. The van der Waals surface area contributed by atoms with Gasteiger partial charge in [-0.3, -0.25) is 24.0 Å². The van der Waals surface area contributed by atoms with Crippen molar-refractivity contribution in [2.45, 2.75) is 64.1 Å². The number of thiophene rings is 1. The molecule has 1 saturated heterocycles. The molecule has 0 spiro atoms. The number of likely N-dealkylation sites (tertiary alicyclic amines) is 1. The number of piperidine rings is 1. The number of aryl methyl sites for hydroxylation is 2. The maximum atomic E-state index is 14.1. The molecule has 1 amide bonds. The molecule has 5 aromatic rings. The van der Waals surface area contributed by atoms with Crippen molar-refractivity contribution < 1.29 is 22.0 Å². The Kier molecular flexibility index (Phi) is 10.1. The minimum Gasteiger partial charge on any atom is -0.355 e. The fraction of sp³-hybridized carbons (Fsp3) is 0.368. The van der Waals surface area contributed by atoms with Gasteiger partial charge in [0, 0.05) is 77.8 Å². The predicted octanol–water partition coefficient (Wildman–Crippen LogP) is 5.65. The van der Waals surface area contributed by atoms with Gasteiger partial charge in [-0.1, -0.05) is 23.4 Å². The molecular formula is C38H35ClF2N8O4S2.